The summed E-state index contributed by atoms with van der Waals surface area (Å²) in [4.78, 5) is 15.0. The molecular formula is C14H15BrN2O. The Hall–Kier alpha value is -1.29. The maximum Gasteiger partial charge on any atom is 0.226 e. The maximum absolute atomic E-state index is 11.6. The molecule has 1 heterocycles. The van der Waals surface area contributed by atoms with Gasteiger partial charge in [0.1, 0.15) is 0 Å². The minimum Gasteiger partial charge on any atom is -0.369 e. The first-order valence-corrected chi connectivity index (χ1v) is 7.05. The molecule has 0 saturated carbocycles. The maximum atomic E-state index is 11.6. The molecule has 94 valence electrons. The Morgan fingerprint density at radius 1 is 1.39 bits per heavy atom. The normalized spacial score (nSPS) is 19.5. The van der Waals surface area contributed by atoms with E-state index in [0.29, 0.717) is 0 Å². The summed E-state index contributed by atoms with van der Waals surface area (Å²) in [6.07, 6.45) is 4.06. The number of hydrogen-bond donors (Lipinski definition) is 2. The molecule has 1 amide bonds. The predicted octanol–water partition coefficient (Wildman–Crippen LogP) is 3.23. The number of primary amides is 1. The van der Waals surface area contributed by atoms with Gasteiger partial charge >= 0.3 is 0 Å². The van der Waals surface area contributed by atoms with Crippen molar-refractivity contribution in [3.8, 4) is 0 Å². The summed E-state index contributed by atoms with van der Waals surface area (Å²) in [7, 11) is 0. The van der Waals surface area contributed by atoms with Gasteiger partial charge in [0.05, 0.1) is 5.92 Å². The molecule has 3 N–H and O–H groups in total. The summed E-state index contributed by atoms with van der Waals surface area (Å²) in [6, 6.07) is 6.18. The first kappa shape index (κ1) is 11.8. The monoisotopic (exact) mass is 306 g/mol. The number of carbonyl (C=O) groups is 1. The molecule has 0 saturated heterocycles. The Kier molecular flexibility index (Phi) is 2.90. The molecule has 4 heteroatoms. The van der Waals surface area contributed by atoms with Gasteiger partial charge in [-0.25, -0.2) is 0 Å². The molecule has 0 bridgehead atoms. The van der Waals surface area contributed by atoms with Crippen molar-refractivity contribution in [2.24, 2.45) is 5.73 Å². The zero-order chi connectivity index (χ0) is 12.7. The first-order valence-electron chi connectivity index (χ1n) is 6.26. The minimum absolute atomic E-state index is 0.159. The Morgan fingerprint density at radius 2 is 2.22 bits per heavy atom. The van der Waals surface area contributed by atoms with Gasteiger partial charge in [0, 0.05) is 21.1 Å². The van der Waals surface area contributed by atoms with Crippen LogP contribution in [0.25, 0.3) is 10.9 Å². The van der Waals surface area contributed by atoms with Crippen LogP contribution >= 0.6 is 15.9 Å². The summed E-state index contributed by atoms with van der Waals surface area (Å²) in [5.41, 5.74) is 8.94. The van der Waals surface area contributed by atoms with E-state index in [0.717, 1.165) is 41.4 Å². The van der Waals surface area contributed by atoms with Crippen molar-refractivity contribution in [3.05, 3.63) is 33.9 Å². The van der Waals surface area contributed by atoms with Crippen molar-refractivity contribution in [3.63, 3.8) is 0 Å². The van der Waals surface area contributed by atoms with Gasteiger partial charge in [-0.3, -0.25) is 4.79 Å². The van der Waals surface area contributed by atoms with Gasteiger partial charge in [0.15, 0.2) is 0 Å². The number of nitrogens with two attached hydrogens (primary N) is 1. The number of aryl methyl sites for hydroxylation is 1. The molecule has 1 aromatic heterocycles. The number of amides is 1. The summed E-state index contributed by atoms with van der Waals surface area (Å²) in [5, 5.41) is 1.22. The number of hydrogen-bond acceptors (Lipinski definition) is 1. The molecule has 0 aliphatic heterocycles. The van der Waals surface area contributed by atoms with E-state index in [4.69, 9.17) is 5.73 Å². The van der Waals surface area contributed by atoms with Gasteiger partial charge in [-0.2, -0.15) is 0 Å². The molecule has 1 aliphatic carbocycles. The van der Waals surface area contributed by atoms with E-state index in [1.165, 1.54) is 10.9 Å². The van der Waals surface area contributed by atoms with Gasteiger partial charge in [-0.05, 0) is 43.0 Å². The third-order valence-corrected chi connectivity index (χ3v) is 4.26. The van der Waals surface area contributed by atoms with E-state index in [-0.39, 0.29) is 11.8 Å². The summed E-state index contributed by atoms with van der Waals surface area (Å²) in [5.74, 6) is -0.377. The van der Waals surface area contributed by atoms with Gasteiger partial charge in [0.2, 0.25) is 5.91 Å². The molecule has 0 fully saturated rings. The molecular weight excluding hydrogens is 292 g/mol. The van der Waals surface area contributed by atoms with Crippen LogP contribution in [0.5, 0.6) is 0 Å². The minimum atomic E-state index is -0.219. The van der Waals surface area contributed by atoms with Crippen LogP contribution < -0.4 is 5.73 Å². The molecule has 1 unspecified atom stereocenters. The van der Waals surface area contributed by atoms with Crippen LogP contribution in [0.2, 0.25) is 0 Å². The third-order valence-electron chi connectivity index (χ3n) is 3.76. The highest BCUT2D eigenvalue weighted by Gasteiger charge is 2.26. The lowest BCUT2D eigenvalue weighted by Crippen LogP contribution is -2.21. The number of H-pyrrole nitrogens is 1. The quantitative estimate of drug-likeness (QED) is 0.781. The van der Waals surface area contributed by atoms with E-state index in [9.17, 15) is 4.79 Å². The highest BCUT2D eigenvalue weighted by Crippen LogP contribution is 2.35. The fourth-order valence-corrected chi connectivity index (χ4v) is 3.25. The zero-order valence-electron chi connectivity index (χ0n) is 10.0. The summed E-state index contributed by atoms with van der Waals surface area (Å²) >= 11 is 3.50. The van der Waals surface area contributed by atoms with Crippen LogP contribution in [0.1, 0.15) is 36.4 Å². The number of benzene rings is 1. The van der Waals surface area contributed by atoms with E-state index < -0.39 is 0 Å². The first-order chi connectivity index (χ1) is 8.66. The van der Waals surface area contributed by atoms with Gasteiger partial charge in [-0.15, -0.1) is 0 Å². The second-order valence-electron chi connectivity index (χ2n) is 4.91. The van der Waals surface area contributed by atoms with Gasteiger partial charge in [0.25, 0.3) is 0 Å². The number of aromatic amines is 1. The molecule has 1 aromatic carbocycles. The van der Waals surface area contributed by atoms with E-state index in [1.807, 2.05) is 12.1 Å². The predicted molar refractivity (Wildman–Crippen MR) is 75.5 cm³/mol. The van der Waals surface area contributed by atoms with Crippen molar-refractivity contribution in [1.29, 1.82) is 0 Å². The smallest absolute Gasteiger partial charge is 0.226 e. The van der Waals surface area contributed by atoms with Crippen molar-refractivity contribution in [2.75, 3.05) is 0 Å². The number of nitrogens with one attached hydrogen (secondary N) is 1. The SMILES string of the molecule is NC(=O)C1CCCCc2c1[nH]c1ccc(Br)cc21. The van der Waals surface area contributed by atoms with E-state index in [1.54, 1.807) is 0 Å². The van der Waals surface area contributed by atoms with Crippen molar-refractivity contribution >= 4 is 32.7 Å². The van der Waals surface area contributed by atoms with Crippen molar-refractivity contribution < 1.29 is 4.79 Å². The second-order valence-corrected chi connectivity index (χ2v) is 5.82. The molecule has 1 aliphatic rings. The Labute approximate surface area is 114 Å². The Bertz CT molecular complexity index is 618. The van der Waals surface area contributed by atoms with Crippen LogP contribution in [0, 0.1) is 0 Å². The van der Waals surface area contributed by atoms with Gasteiger partial charge < -0.3 is 10.7 Å². The highest BCUT2D eigenvalue weighted by molar-refractivity contribution is 9.10. The average Bonchev–Trinajstić information content (AvgIpc) is 2.55. The van der Waals surface area contributed by atoms with E-state index in [2.05, 4.69) is 27.0 Å². The summed E-state index contributed by atoms with van der Waals surface area (Å²) in [6.45, 7) is 0. The van der Waals surface area contributed by atoms with Crippen LogP contribution in [0.4, 0.5) is 0 Å². The van der Waals surface area contributed by atoms with Gasteiger partial charge in [-0.1, -0.05) is 22.4 Å². The Morgan fingerprint density at radius 3 is 3.00 bits per heavy atom. The highest BCUT2D eigenvalue weighted by atomic mass is 79.9. The number of halogens is 1. The fraction of sp³-hybridized carbons (Fsp3) is 0.357. The van der Waals surface area contributed by atoms with Crippen LogP contribution in [-0.4, -0.2) is 10.9 Å². The molecule has 1 atom stereocenters. The standard InChI is InChI=1S/C14H15BrN2O/c15-8-5-6-12-11(7-8)9-3-1-2-4-10(14(16)18)13(9)17-12/h5-7,10,17H,1-4H2,(H2,16,18). The lowest BCUT2D eigenvalue weighted by atomic mass is 9.98. The number of fused-ring (bicyclic) bond motifs is 3. The number of carbonyl (C=O) groups excluding carboxylic acids is 1. The summed E-state index contributed by atoms with van der Waals surface area (Å²) < 4.78 is 1.07. The van der Waals surface area contributed by atoms with Crippen molar-refractivity contribution in [1.82, 2.24) is 4.98 Å². The van der Waals surface area contributed by atoms with Crippen LogP contribution in [0.15, 0.2) is 22.7 Å². The third kappa shape index (κ3) is 1.85. The lowest BCUT2D eigenvalue weighted by Gasteiger charge is -2.09. The lowest BCUT2D eigenvalue weighted by molar-refractivity contribution is -0.119. The molecule has 2 aromatic rings. The van der Waals surface area contributed by atoms with Crippen LogP contribution in [0.3, 0.4) is 0 Å². The number of rotatable bonds is 1. The molecule has 0 radical (unpaired) electrons. The van der Waals surface area contributed by atoms with Crippen molar-refractivity contribution in [2.45, 2.75) is 31.6 Å². The van der Waals surface area contributed by atoms with E-state index >= 15 is 0 Å². The Balaban J connectivity index is 2.24. The second kappa shape index (κ2) is 4.43. The molecule has 18 heavy (non-hydrogen) atoms. The molecule has 3 rings (SSSR count). The largest absolute Gasteiger partial charge is 0.369 e. The molecule has 3 nitrogen and oxygen atoms in total. The average molecular weight is 307 g/mol. The topological polar surface area (TPSA) is 58.9 Å². The number of aromatic nitrogens is 1. The fourth-order valence-electron chi connectivity index (χ4n) is 2.89. The molecule has 0 spiro atoms. The zero-order valence-corrected chi connectivity index (χ0v) is 11.6. The van der Waals surface area contributed by atoms with Crippen LogP contribution in [-0.2, 0) is 11.2 Å².